The molecule has 1 aliphatic rings. The zero-order valence-corrected chi connectivity index (χ0v) is 4.81. The molecule has 0 bridgehead atoms. The molecule has 9 heavy (non-hydrogen) atoms. The van der Waals surface area contributed by atoms with Gasteiger partial charge in [-0.25, -0.2) is 0 Å². The number of benzene rings is 1. The van der Waals surface area contributed by atoms with Gasteiger partial charge in [0.1, 0.15) is 0 Å². The first kappa shape index (κ1) is 4.68. The van der Waals surface area contributed by atoms with E-state index >= 15 is 0 Å². The molecule has 0 amide bonds. The Hall–Kier alpha value is -1.18. The average Bonchev–Trinajstić information content (AvgIpc) is 2.33. The highest BCUT2D eigenvalue weighted by Crippen LogP contribution is 2.25. The van der Waals surface area contributed by atoms with E-state index in [2.05, 4.69) is 17.3 Å². The van der Waals surface area contributed by atoms with Crippen LogP contribution < -0.4 is 10.6 Å². The highest BCUT2D eigenvalue weighted by molar-refractivity contribution is 5.74. The molecule has 44 valence electrons. The molecule has 0 atom stereocenters. The minimum Gasteiger partial charge on any atom is -0.354 e. The summed E-state index contributed by atoms with van der Waals surface area (Å²) in [6.45, 7) is 2.79. The fourth-order valence-electron chi connectivity index (χ4n) is 0.867. The molecule has 1 aromatic rings. The van der Waals surface area contributed by atoms with Crippen molar-refractivity contribution in [3.05, 3.63) is 30.9 Å². The summed E-state index contributed by atoms with van der Waals surface area (Å²) >= 11 is 0. The lowest BCUT2D eigenvalue weighted by molar-refractivity contribution is 1.51. The zero-order valence-electron chi connectivity index (χ0n) is 4.81. The Bertz CT molecular complexity index is 197. The topological polar surface area (TPSA) is 24.1 Å². The van der Waals surface area contributed by atoms with Crippen LogP contribution in [0, 0.1) is 6.67 Å². The monoisotopic (exact) mass is 118 g/mol. The fourth-order valence-corrected chi connectivity index (χ4v) is 0.867. The second-order valence-corrected chi connectivity index (χ2v) is 1.92. The first-order valence-corrected chi connectivity index (χ1v) is 2.83. The minimum absolute atomic E-state index is 1.09. The smallest absolute Gasteiger partial charge is 0.203 e. The second-order valence-electron chi connectivity index (χ2n) is 1.92. The van der Waals surface area contributed by atoms with Gasteiger partial charge in [0.05, 0.1) is 11.4 Å². The van der Waals surface area contributed by atoms with Crippen molar-refractivity contribution in [1.82, 2.24) is 0 Å². The van der Waals surface area contributed by atoms with Gasteiger partial charge in [-0.3, -0.25) is 0 Å². The maximum absolute atomic E-state index is 2.94. The molecule has 2 radical (unpaired) electrons. The van der Waals surface area contributed by atoms with Gasteiger partial charge in [-0.2, -0.15) is 0 Å². The van der Waals surface area contributed by atoms with Crippen LogP contribution in [0.2, 0.25) is 0 Å². The molecular formula is C7H6N2. The van der Waals surface area contributed by atoms with Crippen LogP contribution in [0.4, 0.5) is 11.4 Å². The van der Waals surface area contributed by atoms with Gasteiger partial charge in [0.2, 0.25) is 6.67 Å². The van der Waals surface area contributed by atoms with Crippen molar-refractivity contribution in [3.63, 3.8) is 0 Å². The molecule has 0 saturated heterocycles. The van der Waals surface area contributed by atoms with E-state index in [9.17, 15) is 0 Å². The van der Waals surface area contributed by atoms with E-state index in [0.29, 0.717) is 0 Å². The summed E-state index contributed by atoms with van der Waals surface area (Å²) in [7, 11) is 0. The number of hydrogen-bond donors (Lipinski definition) is 2. The molecule has 1 aliphatic heterocycles. The van der Waals surface area contributed by atoms with E-state index < -0.39 is 0 Å². The second kappa shape index (κ2) is 1.65. The third kappa shape index (κ3) is 0.633. The van der Waals surface area contributed by atoms with Crippen molar-refractivity contribution in [3.8, 4) is 0 Å². The van der Waals surface area contributed by atoms with Gasteiger partial charge < -0.3 is 10.6 Å². The standard InChI is InChI=1S/C7H6N2/c1-2-4-7-6(3-1)8-5-9-7/h1-4,8-9H. The lowest BCUT2D eigenvalue weighted by Gasteiger charge is -1.92. The van der Waals surface area contributed by atoms with Gasteiger partial charge in [0.25, 0.3) is 0 Å². The summed E-state index contributed by atoms with van der Waals surface area (Å²) in [4.78, 5) is 0. The van der Waals surface area contributed by atoms with Crippen molar-refractivity contribution in [1.29, 1.82) is 0 Å². The maximum atomic E-state index is 2.94. The Morgan fingerprint density at radius 3 is 2.11 bits per heavy atom. The van der Waals surface area contributed by atoms with Gasteiger partial charge >= 0.3 is 0 Å². The number of rotatable bonds is 0. The first-order chi connectivity index (χ1) is 4.47. The van der Waals surface area contributed by atoms with Gasteiger partial charge in [0.15, 0.2) is 0 Å². The number of hydrogen-bond acceptors (Lipinski definition) is 2. The number of fused-ring (bicyclic) bond motifs is 1. The molecular weight excluding hydrogens is 112 g/mol. The minimum atomic E-state index is 1.09. The molecule has 2 nitrogen and oxygen atoms in total. The Labute approximate surface area is 53.9 Å². The van der Waals surface area contributed by atoms with E-state index in [4.69, 9.17) is 0 Å². The van der Waals surface area contributed by atoms with Gasteiger partial charge in [-0.05, 0) is 12.1 Å². The largest absolute Gasteiger partial charge is 0.354 e. The van der Waals surface area contributed by atoms with E-state index in [1.807, 2.05) is 24.3 Å². The van der Waals surface area contributed by atoms with Crippen LogP contribution in [0.15, 0.2) is 24.3 Å². The predicted octanol–water partition coefficient (Wildman–Crippen LogP) is 1.52. The van der Waals surface area contributed by atoms with Crippen LogP contribution in [-0.4, -0.2) is 0 Å². The molecule has 2 N–H and O–H groups in total. The fraction of sp³-hybridized carbons (Fsp3) is 0. The molecule has 1 aromatic carbocycles. The lowest BCUT2D eigenvalue weighted by atomic mass is 10.3. The molecule has 0 aromatic heterocycles. The van der Waals surface area contributed by atoms with Gasteiger partial charge in [0, 0.05) is 0 Å². The van der Waals surface area contributed by atoms with Gasteiger partial charge in [-0.15, -0.1) is 0 Å². The van der Waals surface area contributed by atoms with Crippen molar-refractivity contribution in [2.24, 2.45) is 0 Å². The molecule has 0 spiro atoms. The van der Waals surface area contributed by atoms with Crippen LogP contribution in [0.5, 0.6) is 0 Å². The quantitative estimate of drug-likeness (QED) is 0.539. The molecule has 2 heteroatoms. The molecule has 0 unspecified atom stereocenters. The normalized spacial score (nSPS) is 13.8. The molecule has 0 saturated carbocycles. The van der Waals surface area contributed by atoms with Crippen LogP contribution in [0.3, 0.4) is 0 Å². The van der Waals surface area contributed by atoms with Crippen molar-refractivity contribution in [2.45, 2.75) is 0 Å². The summed E-state index contributed by atoms with van der Waals surface area (Å²) in [5, 5.41) is 5.88. The Balaban J connectivity index is 2.54. The number of anilines is 2. The third-order valence-electron chi connectivity index (χ3n) is 1.32. The summed E-state index contributed by atoms with van der Waals surface area (Å²) < 4.78 is 0. The zero-order chi connectivity index (χ0) is 6.10. The Kier molecular flexibility index (Phi) is 0.859. The van der Waals surface area contributed by atoms with Crippen LogP contribution in [-0.2, 0) is 0 Å². The highest BCUT2D eigenvalue weighted by atomic mass is 15.1. The Morgan fingerprint density at radius 1 is 1.00 bits per heavy atom. The lowest BCUT2D eigenvalue weighted by Crippen LogP contribution is -1.89. The first-order valence-electron chi connectivity index (χ1n) is 2.83. The average molecular weight is 118 g/mol. The molecule has 2 rings (SSSR count). The molecule has 0 fully saturated rings. The maximum Gasteiger partial charge on any atom is 0.203 e. The van der Waals surface area contributed by atoms with E-state index in [-0.39, 0.29) is 0 Å². The van der Waals surface area contributed by atoms with E-state index in [0.717, 1.165) is 11.4 Å². The summed E-state index contributed by atoms with van der Waals surface area (Å²) in [6.07, 6.45) is 0. The molecule has 1 heterocycles. The SMILES string of the molecule is [C]1Nc2ccccc2N1. The summed E-state index contributed by atoms with van der Waals surface area (Å²) in [6, 6.07) is 7.98. The van der Waals surface area contributed by atoms with Crippen molar-refractivity contribution < 1.29 is 0 Å². The number of nitrogens with one attached hydrogen (secondary N) is 2. The van der Waals surface area contributed by atoms with Gasteiger partial charge in [-0.1, -0.05) is 12.1 Å². The summed E-state index contributed by atoms with van der Waals surface area (Å²) in [5.41, 5.74) is 2.19. The van der Waals surface area contributed by atoms with Crippen LogP contribution in [0.1, 0.15) is 0 Å². The van der Waals surface area contributed by atoms with Crippen molar-refractivity contribution >= 4 is 11.4 Å². The third-order valence-corrected chi connectivity index (χ3v) is 1.32. The van der Waals surface area contributed by atoms with E-state index in [1.54, 1.807) is 0 Å². The summed E-state index contributed by atoms with van der Waals surface area (Å²) in [5.74, 6) is 0. The predicted molar refractivity (Wildman–Crippen MR) is 36.9 cm³/mol. The number of para-hydroxylation sites is 2. The Morgan fingerprint density at radius 2 is 1.56 bits per heavy atom. The molecule has 0 aliphatic carbocycles. The van der Waals surface area contributed by atoms with Crippen LogP contribution in [0.25, 0.3) is 0 Å². The van der Waals surface area contributed by atoms with Crippen LogP contribution >= 0.6 is 0 Å². The van der Waals surface area contributed by atoms with E-state index in [1.165, 1.54) is 0 Å². The highest BCUT2D eigenvalue weighted by Gasteiger charge is 2.06. The van der Waals surface area contributed by atoms with Crippen molar-refractivity contribution in [2.75, 3.05) is 10.6 Å².